The molecule has 2 aliphatic rings. The van der Waals surface area contributed by atoms with E-state index in [1.165, 1.54) is 5.56 Å². The molecule has 4 nitrogen and oxygen atoms in total. The Hall–Kier alpha value is -2.37. The van der Waals surface area contributed by atoms with Gasteiger partial charge >= 0.3 is 0 Å². The van der Waals surface area contributed by atoms with Gasteiger partial charge in [-0.05, 0) is 72.5 Å². The lowest BCUT2D eigenvalue weighted by Crippen LogP contribution is -2.51. The maximum atomic E-state index is 13.5. The second-order valence-electron chi connectivity index (χ2n) is 9.44. The molecule has 1 fully saturated rings. The molecule has 0 bridgehead atoms. The first-order chi connectivity index (χ1) is 16.9. The van der Waals surface area contributed by atoms with Gasteiger partial charge in [-0.15, -0.1) is 0 Å². The first kappa shape index (κ1) is 24.3. The van der Waals surface area contributed by atoms with E-state index < -0.39 is 0 Å². The van der Waals surface area contributed by atoms with Crippen LogP contribution in [0.5, 0.6) is 0 Å². The number of piperidine rings is 1. The molecule has 35 heavy (non-hydrogen) atoms. The lowest BCUT2D eigenvalue weighted by atomic mass is 9.67. The number of benzene rings is 2. The molecule has 180 valence electrons. The number of fused-ring (bicyclic) bond motifs is 2. The smallest absolute Gasteiger partial charge is 0.258 e. The van der Waals surface area contributed by atoms with Gasteiger partial charge in [0.2, 0.25) is 0 Å². The molecule has 1 saturated heterocycles. The summed E-state index contributed by atoms with van der Waals surface area (Å²) in [6.45, 7) is 5.70. The van der Waals surface area contributed by atoms with E-state index in [-0.39, 0.29) is 11.3 Å². The molecule has 3 aromatic rings. The van der Waals surface area contributed by atoms with E-state index in [1.54, 1.807) is 18.3 Å². The van der Waals surface area contributed by atoms with Crippen LogP contribution in [-0.2, 0) is 5.41 Å². The maximum absolute atomic E-state index is 13.5. The van der Waals surface area contributed by atoms with Crippen molar-refractivity contribution in [2.75, 3.05) is 31.1 Å². The average Bonchev–Trinajstić information content (AvgIpc) is 3.16. The van der Waals surface area contributed by atoms with E-state index in [0.29, 0.717) is 28.2 Å². The van der Waals surface area contributed by atoms with Crippen molar-refractivity contribution in [1.82, 2.24) is 9.88 Å². The summed E-state index contributed by atoms with van der Waals surface area (Å²) in [5, 5.41) is 1.76. The highest BCUT2D eigenvalue weighted by Crippen LogP contribution is 2.50. The van der Waals surface area contributed by atoms with Crippen molar-refractivity contribution in [1.29, 1.82) is 0 Å². The molecule has 2 aliphatic heterocycles. The summed E-state index contributed by atoms with van der Waals surface area (Å²) >= 11 is 18.5. The van der Waals surface area contributed by atoms with E-state index in [1.807, 2.05) is 41.3 Å². The number of halogens is 3. The van der Waals surface area contributed by atoms with Crippen molar-refractivity contribution in [2.24, 2.45) is 5.92 Å². The number of nitrogens with zero attached hydrogens (tertiary/aromatic N) is 3. The van der Waals surface area contributed by atoms with E-state index in [9.17, 15) is 4.79 Å². The third-order valence-corrected chi connectivity index (χ3v) is 8.03. The van der Waals surface area contributed by atoms with Crippen LogP contribution in [0.15, 0.2) is 66.9 Å². The topological polar surface area (TPSA) is 36.4 Å². The van der Waals surface area contributed by atoms with Crippen LogP contribution in [0, 0.1) is 5.92 Å². The zero-order valence-corrected chi connectivity index (χ0v) is 21.7. The number of hydrogen-bond acceptors (Lipinski definition) is 3. The van der Waals surface area contributed by atoms with Gasteiger partial charge in [-0.3, -0.25) is 9.69 Å². The number of carbonyl (C=O) groups is 1. The van der Waals surface area contributed by atoms with E-state index in [4.69, 9.17) is 34.8 Å². The minimum absolute atomic E-state index is 0.0599. The van der Waals surface area contributed by atoms with Gasteiger partial charge < -0.3 is 4.90 Å². The van der Waals surface area contributed by atoms with Crippen molar-refractivity contribution in [2.45, 2.75) is 18.8 Å². The Kier molecular flexibility index (Phi) is 6.91. The molecule has 2 aromatic carbocycles. The van der Waals surface area contributed by atoms with Crippen LogP contribution in [0.3, 0.4) is 0 Å². The standard InChI is InChI=1S/C28H26Cl3N3O/c1-19-17-33(13-2-3-20-4-6-22(29)7-5-20)14-11-28(19)18-34(25-9-8-23(30)16-24(25)28)27(35)21-10-12-32-26(31)15-21/h2-10,12,15-16,19H,11,13-14,17-18H2,1H3/b3-2+. The maximum Gasteiger partial charge on any atom is 0.258 e. The number of carbonyl (C=O) groups excluding carboxylic acids is 1. The summed E-state index contributed by atoms with van der Waals surface area (Å²) in [6, 6.07) is 17.1. The zero-order chi connectivity index (χ0) is 24.6. The first-order valence-electron chi connectivity index (χ1n) is 11.7. The summed E-state index contributed by atoms with van der Waals surface area (Å²) in [6.07, 6.45) is 6.87. The Morgan fingerprint density at radius 2 is 1.86 bits per heavy atom. The van der Waals surface area contributed by atoms with E-state index in [2.05, 4.69) is 35.0 Å². The van der Waals surface area contributed by atoms with Crippen LogP contribution in [-0.4, -0.2) is 42.0 Å². The quantitative estimate of drug-likeness (QED) is 0.344. The normalized spacial score (nSPS) is 22.2. The van der Waals surface area contributed by atoms with E-state index in [0.717, 1.165) is 42.3 Å². The summed E-state index contributed by atoms with van der Waals surface area (Å²) in [5.41, 5.74) is 3.65. The fourth-order valence-electron chi connectivity index (χ4n) is 5.44. The Morgan fingerprint density at radius 1 is 1.09 bits per heavy atom. The molecule has 0 N–H and O–H groups in total. The lowest BCUT2D eigenvalue weighted by Gasteiger charge is -2.45. The van der Waals surface area contributed by atoms with E-state index >= 15 is 0 Å². The first-order valence-corrected chi connectivity index (χ1v) is 12.9. The summed E-state index contributed by atoms with van der Waals surface area (Å²) in [7, 11) is 0. The Balaban J connectivity index is 1.35. The highest BCUT2D eigenvalue weighted by molar-refractivity contribution is 6.31. The molecule has 2 atom stereocenters. The van der Waals surface area contributed by atoms with Crippen LogP contribution in [0.4, 0.5) is 5.69 Å². The molecule has 0 radical (unpaired) electrons. The molecule has 1 amide bonds. The molecule has 5 rings (SSSR count). The van der Waals surface area contributed by atoms with Crippen molar-refractivity contribution < 1.29 is 4.79 Å². The van der Waals surface area contributed by atoms with Gasteiger partial charge in [0.25, 0.3) is 5.91 Å². The molecular formula is C28H26Cl3N3O. The molecular weight excluding hydrogens is 501 g/mol. The van der Waals surface area contributed by atoms with Crippen LogP contribution in [0.1, 0.15) is 34.8 Å². The summed E-state index contributed by atoms with van der Waals surface area (Å²) in [5.74, 6) is 0.284. The second-order valence-corrected chi connectivity index (χ2v) is 10.7. The van der Waals surface area contributed by atoms with Gasteiger partial charge in [0.05, 0.1) is 0 Å². The number of pyridine rings is 1. The van der Waals surface area contributed by atoms with Crippen molar-refractivity contribution in [3.8, 4) is 0 Å². The molecule has 0 saturated carbocycles. The Bertz CT molecular complexity index is 1280. The Morgan fingerprint density at radius 3 is 2.60 bits per heavy atom. The van der Waals surface area contributed by atoms with Crippen molar-refractivity contribution in [3.05, 3.63) is 98.8 Å². The number of aromatic nitrogens is 1. The van der Waals surface area contributed by atoms with Crippen LogP contribution >= 0.6 is 34.8 Å². The van der Waals surface area contributed by atoms with Crippen molar-refractivity contribution >= 4 is 52.5 Å². The molecule has 2 unspecified atom stereocenters. The molecule has 3 heterocycles. The largest absolute Gasteiger partial charge is 0.307 e. The fraction of sp³-hybridized carbons (Fsp3) is 0.286. The SMILES string of the molecule is CC1CN(C/C=C/c2ccc(Cl)cc2)CCC12CN(C(=O)c1ccnc(Cl)c1)c1ccc(Cl)cc12. The number of rotatable bonds is 4. The van der Waals surface area contributed by atoms with Crippen molar-refractivity contribution in [3.63, 3.8) is 0 Å². The predicted molar refractivity (Wildman–Crippen MR) is 145 cm³/mol. The number of anilines is 1. The number of hydrogen-bond donors (Lipinski definition) is 0. The lowest BCUT2D eigenvalue weighted by molar-refractivity contribution is 0.0948. The van der Waals surface area contributed by atoms with Gasteiger partial charge in [-0.2, -0.15) is 0 Å². The Labute approximate surface area is 221 Å². The second kappa shape index (κ2) is 9.94. The van der Waals surface area contributed by atoms with Crippen LogP contribution in [0.25, 0.3) is 6.08 Å². The van der Waals surface area contributed by atoms with Gasteiger partial charge in [0.1, 0.15) is 5.15 Å². The molecule has 1 aromatic heterocycles. The number of likely N-dealkylation sites (tertiary alicyclic amines) is 1. The highest BCUT2D eigenvalue weighted by Gasteiger charge is 2.50. The number of amides is 1. The summed E-state index contributed by atoms with van der Waals surface area (Å²) in [4.78, 5) is 21.9. The highest BCUT2D eigenvalue weighted by atomic mass is 35.5. The van der Waals surface area contributed by atoms with Gasteiger partial charge in [-0.25, -0.2) is 4.98 Å². The molecule has 0 aliphatic carbocycles. The average molecular weight is 527 g/mol. The zero-order valence-electron chi connectivity index (χ0n) is 19.4. The molecule has 7 heteroatoms. The third-order valence-electron chi connectivity index (χ3n) is 7.34. The van der Waals surface area contributed by atoms with Gasteiger partial charge in [0, 0.05) is 52.5 Å². The molecule has 1 spiro atoms. The van der Waals surface area contributed by atoms with Crippen LogP contribution in [0.2, 0.25) is 15.2 Å². The minimum Gasteiger partial charge on any atom is -0.307 e. The monoisotopic (exact) mass is 525 g/mol. The van der Waals surface area contributed by atoms with Gasteiger partial charge in [0.15, 0.2) is 0 Å². The minimum atomic E-state index is -0.136. The van der Waals surface area contributed by atoms with Crippen LogP contribution < -0.4 is 4.90 Å². The van der Waals surface area contributed by atoms with Gasteiger partial charge in [-0.1, -0.05) is 66.0 Å². The fourth-order valence-corrected chi connectivity index (χ4v) is 5.91. The third kappa shape index (κ3) is 4.85. The summed E-state index contributed by atoms with van der Waals surface area (Å²) < 4.78 is 0. The predicted octanol–water partition coefficient (Wildman–Crippen LogP) is 7.00.